The van der Waals surface area contributed by atoms with Gasteiger partial charge in [-0.05, 0) is 26.0 Å². The first-order valence-corrected chi connectivity index (χ1v) is 6.19. The largest absolute Gasteiger partial charge is 0.481 e. The fourth-order valence-electron chi connectivity index (χ4n) is 1.73. The summed E-state index contributed by atoms with van der Waals surface area (Å²) in [5, 5.41) is 19.6. The average molecular weight is 276 g/mol. The molecule has 0 atom stereocenters. The van der Waals surface area contributed by atoms with Crippen molar-refractivity contribution in [1.29, 1.82) is 0 Å². The SMILES string of the molecule is CC(C)(CC(=O)NCc1nnc2ccccn12)C(=O)O. The van der Waals surface area contributed by atoms with Crippen LogP contribution < -0.4 is 5.32 Å². The third kappa shape index (κ3) is 2.93. The first kappa shape index (κ1) is 14.0. The van der Waals surface area contributed by atoms with E-state index in [9.17, 15) is 9.59 Å². The lowest BCUT2D eigenvalue weighted by Crippen LogP contribution is -2.33. The number of pyridine rings is 1. The lowest BCUT2D eigenvalue weighted by atomic mass is 9.89. The maximum Gasteiger partial charge on any atom is 0.309 e. The van der Waals surface area contributed by atoms with Crippen LogP contribution in [0.15, 0.2) is 24.4 Å². The van der Waals surface area contributed by atoms with E-state index in [2.05, 4.69) is 15.5 Å². The summed E-state index contributed by atoms with van der Waals surface area (Å²) in [6.45, 7) is 3.24. The van der Waals surface area contributed by atoms with Crippen LogP contribution in [0.25, 0.3) is 5.65 Å². The van der Waals surface area contributed by atoms with Gasteiger partial charge in [0.05, 0.1) is 12.0 Å². The summed E-state index contributed by atoms with van der Waals surface area (Å²) in [6.07, 6.45) is 1.72. The molecule has 106 valence electrons. The Morgan fingerprint density at radius 3 is 2.80 bits per heavy atom. The summed E-state index contributed by atoms with van der Waals surface area (Å²) >= 11 is 0. The van der Waals surface area contributed by atoms with Gasteiger partial charge in [0.15, 0.2) is 11.5 Å². The number of carboxylic acids is 1. The summed E-state index contributed by atoms with van der Waals surface area (Å²) < 4.78 is 1.77. The summed E-state index contributed by atoms with van der Waals surface area (Å²) in [5.74, 6) is -0.729. The van der Waals surface area contributed by atoms with Crippen LogP contribution in [0.4, 0.5) is 0 Å². The van der Waals surface area contributed by atoms with Gasteiger partial charge in [0.25, 0.3) is 0 Å². The van der Waals surface area contributed by atoms with E-state index in [4.69, 9.17) is 5.11 Å². The predicted molar refractivity (Wildman–Crippen MR) is 70.9 cm³/mol. The Labute approximate surface area is 115 Å². The minimum absolute atomic E-state index is 0.0843. The summed E-state index contributed by atoms with van der Waals surface area (Å²) in [4.78, 5) is 22.7. The quantitative estimate of drug-likeness (QED) is 0.843. The third-order valence-electron chi connectivity index (χ3n) is 3.01. The highest BCUT2D eigenvalue weighted by molar-refractivity contribution is 5.84. The van der Waals surface area contributed by atoms with Crippen molar-refractivity contribution in [2.75, 3.05) is 0 Å². The van der Waals surface area contributed by atoms with E-state index in [1.807, 2.05) is 18.2 Å². The number of carboxylic acid groups (broad SMARTS) is 1. The number of carbonyl (C=O) groups is 2. The molecule has 2 heterocycles. The molecular formula is C13H16N4O3. The Kier molecular flexibility index (Phi) is 3.69. The number of hydrogen-bond donors (Lipinski definition) is 2. The molecule has 2 rings (SSSR count). The summed E-state index contributed by atoms with van der Waals surface area (Å²) in [7, 11) is 0. The molecule has 1 amide bonds. The van der Waals surface area contributed by atoms with Gasteiger partial charge in [-0.3, -0.25) is 14.0 Å². The lowest BCUT2D eigenvalue weighted by Gasteiger charge is -2.17. The number of aromatic nitrogens is 3. The number of nitrogens with zero attached hydrogens (tertiary/aromatic N) is 3. The second-order valence-electron chi connectivity index (χ2n) is 5.19. The minimum atomic E-state index is -1.09. The molecule has 0 aliphatic rings. The lowest BCUT2D eigenvalue weighted by molar-refractivity contribution is -0.149. The third-order valence-corrected chi connectivity index (χ3v) is 3.01. The van der Waals surface area contributed by atoms with Crippen molar-refractivity contribution >= 4 is 17.5 Å². The van der Waals surface area contributed by atoms with Gasteiger partial charge in [-0.25, -0.2) is 0 Å². The van der Waals surface area contributed by atoms with Gasteiger partial charge in [0, 0.05) is 12.6 Å². The van der Waals surface area contributed by atoms with Gasteiger partial charge >= 0.3 is 5.97 Å². The van der Waals surface area contributed by atoms with Crippen LogP contribution in [0.5, 0.6) is 0 Å². The molecular weight excluding hydrogens is 260 g/mol. The van der Waals surface area contributed by atoms with Gasteiger partial charge in [0.1, 0.15) is 0 Å². The molecule has 0 aliphatic carbocycles. The molecule has 20 heavy (non-hydrogen) atoms. The van der Waals surface area contributed by atoms with Crippen LogP contribution in [0.2, 0.25) is 0 Å². The fraction of sp³-hybridized carbons (Fsp3) is 0.385. The van der Waals surface area contributed by atoms with Crippen molar-refractivity contribution in [3.63, 3.8) is 0 Å². The molecule has 2 N–H and O–H groups in total. The molecule has 0 aromatic carbocycles. The van der Waals surface area contributed by atoms with E-state index in [1.54, 1.807) is 10.6 Å². The molecule has 7 heteroatoms. The summed E-state index contributed by atoms with van der Waals surface area (Å²) in [6, 6.07) is 5.50. The van der Waals surface area contributed by atoms with Crippen LogP contribution >= 0.6 is 0 Å². The summed E-state index contributed by atoms with van der Waals surface area (Å²) in [5.41, 5.74) is -0.389. The monoisotopic (exact) mass is 276 g/mol. The van der Waals surface area contributed by atoms with Crippen molar-refractivity contribution < 1.29 is 14.7 Å². The molecule has 0 unspecified atom stereocenters. The maximum absolute atomic E-state index is 11.8. The number of hydrogen-bond acceptors (Lipinski definition) is 4. The molecule has 0 bridgehead atoms. The average Bonchev–Trinajstić information content (AvgIpc) is 2.79. The molecule has 2 aromatic rings. The van der Waals surface area contributed by atoms with Gasteiger partial charge in [-0.1, -0.05) is 6.07 Å². The number of aliphatic carboxylic acids is 1. The van der Waals surface area contributed by atoms with E-state index in [0.29, 0.717) is 11.5 Å². The molecule has 7 nitrogen and oxygen atoms in total. The van der Waals surface area contributed by atoms with Gasteiger partial charge in [-0.15, -0.1) is 10.2 Å². The smallest absolute Gasteiger partial charge is 0.309 e. The molecule has 0 saturated carbocycles. The van der Waals surface area contributed by atoms with Crippen molar-refractivity contribution in [3.05, 3.63) is 30.2 Å². The second kappa shape index (κ2) is 5.28. The highest BCUT2D eigenvalue weighted by Gasteiger charge is 2.30. The van der Waals surface area contributed by atoms with E-state index in [-0.39, 0.29) is 18.9 Å². The highest BCUT2D eigenvalue weighted by Crippen LogP contribution is 2.20. The first-order chi connectivity index (χ1) is 9.40. The van der Waals surface area contributed by atoms with Crippen molar-refractivity contribution in [3.8, 4) is 0 Å². The van der Waals surface area contributed by atoms with E-state index < -0.39 is 11.4 Å². The number of amides is 1. The zero-order chi connectivity index (χ0) is 14.8. The maximum atomic E-state index is 11.8. The van der Waals surface area contributed by atoms with Crippen molar-refractivity contribution in [1.82, 2.24) is 19.9 Å². The van der Waals surface area contributed by atoms with Crippen LogP contribution in [0.3, 0.4) is 0 Å². The Bertz CT molecular complexity index is 648. The molecule has 0 radical (unpaired) electrons. The minimum Gasteiger partial charge on any atom is -0.481 e. The van der Waals surface area contributed by atoms with Gasteiger partial charge < -0.3 is 10.4 Å². The Morgan fingerprint density at radius 1 is 1.35 bits per heavy atom. The van der Waals surface area contributed by atoms with E-state index in [0.717, 1.165) is 0 Å². The standard InChI is InChI=1S/C13H16N4O3/c1-13(2,12(19)20)7-11(18)14-8-10-16-15-9-5-3-4-6-17(9)10/h3-6H,7-8H2,1-2H3,(H,14,18)(H,19,20). The topological polar surface area (TPSA) is 96.6 Å². The molecule has 0 aliphatic heterocycles. The number of nitrogens with one attached hydrogen (secondary N) is 1. The normalized spacial score (nSPS) is 11.5. The van der Waals surface area contributed by atoms with Crippen LogP contribution in [-0.4, -0.2) is 31.6 Å². The molecule has 0 saturated heterocycles. The zero-order valence-electron chi connectivity index (χ0n) is 11.3. The molecule has 2 aromatic heterocycles. The fourth-order valence-corrected chi connectivity index (χ4v) is 1.73. The molecule has 0 fully saturated rings. The van der Waals surface area contributed by atoms with Gasteiger partial charge in [-0.2, -0.15) is 0 Å². The van der Waals surface area contributed by atoms with Crippen molar-refractivity contribution in [2.24, 2.45) is 5.41 Å². The number of carbonyl (C=O) groups excluding carboxylic acids is 1. The number of fused-ring (bicyclic) bond motifs is 1. The first-order valence-electron chi connectivity index (χ1n) is 6.19. The second-order valence-corrected chi connectivity index (χ2v) is 5.19. The highest BCUT2D eigenvalue weighted by atomic mass is 16.4. The Balaban J connectivity index is 1.99. The Hall–Kier alpha value is -2.44. The Morgan fingerprint density at radius 2 is 2.10 bits per heavy atom. The number of rotatable bonds is 5. The predicted octanol–water partition coefficient (Wildman–Crippen LogP) is 0.846. The van der Waals surface area contributed by atoms with Crippen LogP contribution in [-0.2, 0) is 16.1 Å². The zero-order valence-corrected chi connectivity index (χ0v) is 11.3. The van der Waals surface area contributed by atoms with Crippen LogP contribution in [0, 0.1) is 5.41 Å². The van der Waals surface area contributed by atoms with E-state index >= 15 is 0 Å². The molecule has 0 spiro atoms. The van der Waals surface area contributed by atoms with Gasteiger partial charge in [0.2, 0.25) is 5.91 Å². The van der Waals surface area contributed by atoms with E-state index in [1.165, 1.54) is 13.8 Å². The van der Waals surface area contributed by atoms with Crippen LogP contribution in [0.1, 0.15) is 26.1 Å². The van der Waals surface area contributed by atoms with Crippen molar-refractivity contribution in [2.45, 2.75) is 26.8 Å².